The van der Waals surface area contributed by atoms with Gasteiger partial charge in [0.2, 0.25) is 5.91 Å². The van der Waals surface area contributed by atoms with Crippen molar-refractivity contribution in [3.8, 4) is 0 Å². The van der Waals surface area contributed by atoms with Crippen molar-refractivity contribution in [1.29, 1.82) is 0 Å². The molecule has 1 N–H and O–H groups in total. The molecular weight excluding hydrogens is 292 g/mol. The minimum absolute atomic E-state index is 0.0287. The van der Waals surface area contributed by atoms with Gasteiger partial charge in [-0.15, -0.1) is 0 Å². The van der Waals surface area contributed by atoms with Crippen LogP contribution in [0.25, 0.3) is 0 Å². The number of carbonyl (C=O) groups is 2. The van der Waals surface area contributed by atoms with Crippen LogP contribution in [0.4, 0.5) is 0 Å². The second-order valence-corrected chi connectivity index (χ2v) is 6.89. The number of nitrogens with zero attached hydrogens (tertiary/aromatic N) is 1. The van der Waals surface area contributed by atoms with Crippen LogP contribution >= 0.6 is 0 Å². The van der Waals surface area contributed by atoms with E-state index in [-0.39, 0.29) is 17.7 Å². The smallest absolute Gasteiger partial charge is 0.257 e. The minimum Gasteiger partial charge on any atom is -0.466 e. The van der Waals surface area contributed by atoms with Gasteiger partial charge in [-0.1, -0.05) is 13.8 Å². The van der Waals surface area contributed by atoms with E-state index in [2.05, 4.69) is 19.2 Å². The summed E-state index contributed by atoms with van der Waals surface area (Å²) in [5.74, 6) is 1.91. The van der Waals surface area contributed by atoms with Crippen LogP contribution in [-0.4, -0.2) is 36.3 Å². The monoisotopic (exact) mass is 320 g/mol. The van der Waals surface area contributed by atoms with E-state index in [4.69, 9.17) is 4.42 Å². The highest BCUT2D eigenvalue weighted by Gasteiger charge is 2.30. The zero-order valence-electron chi connectivity index (χ0n) is 14.6. The van der Waals surface area contributed by atoms with Crippen molar-refractivity contribution in [3.63, 3.8) is 0 Å². The van der Waals surface area contributed by atoms with Crippen molar-refractivity contribution in [1.82, 2.24) is 10.2 Å². The van der Waals surface area contributed by atoms with Crippen molar-refractivity contribution >= 4 is 11.8 Å². The summed E-state index contributed by atoms with van der Waals surface area (Å²) in [5.41, 5.74) is 0.614. The van der Waals surface area contributed by atoms with E-state index in [0.717, 1.165) is 25.0 Å². The van der Waals surface area contributed by atoms with Crippen LogP contribution in [0.3, 0.4) is 0 Å². The van der Waals surface area contributed by atoms with Crippen LogP contribution in [0.2, 0.25) is 0 Å². The highest BCUT2D eigenvalue weighted by atomic mass is 16.3. The fraction of sp³-hybridized carbons (Fsp3) is 0.667. The molecule has 0 unspecified atom stereocenters. The van der Waals surface area contributed by atoms with E-state index in [9.17, 15) is 9.59 Å². The molecule has 128 valence electrons. The Morgan fingerprint density at radius 2 is 2.13 bits per heavy atom. The average Bonchev–Trinajstić information content (AvgIpc) is 2.84. The lowest BCUT2D eigenvalue weighted by atomic mass is 9.96. The molecule has 0 aliphatic carbocycles. The second-order valence-electron chi connectivity index (χ2n) is 6.89. The lowest BCUT2D eigenvalue weighted by molar-refractivity contribution is -0.126. The van der Waals surface area contributed by atoms with Crippen LogP contribution < -0.4 is 5.32 Å². The standard InChI is InChI=1S/C18H28N2O3/c1-12(2)7-8-19-17(21)15-6-5-9-20(11-15)18(22)16-10-13(3)23-14(16)4/h10,12,15H,5-9,11H2,1-4H3,(H,19,21)/t15-/m0/s1. The van der Waals surface area contributed by atoms with Crippen LogP contribution in [-0.2, 0) is 4.79 Å². The molecule has 23 heavy (non-hydrogen) atoms. The Balaban J connectivity index is 1.93. The SMILES string of the molecule is Cc1cc(C(=O)N2CCC[C@H](C(=O)NCCC(C)C)C2)c(C)o1. The number of hydrogen-bond donors (Lipinski definition) is 1. The van der Waals surface area contributed by atoms with E-state index >= 15 is 0 Å². The Bertz CT molecular complexity index is 563. The Hall–Kier alpha value is -1.78. The molecule has 0 aromatic carbocycles. The van der Waals surface area contributed by atoms with Gasteiger partial charge in [0.1, 0.15) is 11.5 Å². The first-order valence-corrected chi connectivity index (χ1v) is 8.52. The molecule has 0 bridgehead atoms. The molecule has 0 spiro atoms. The zero-order valence-corrected chi connectivity index (χ0v) is 14.6. The fourth-order valence-electron chi connectivity index (χ4n) is 3.02. The molecule has 0 radical (unpaired) electrons. The topological polar surface area (TPSA) is 62.6 Å². The van der Waals surface area contributed by atoms with Crippen molar-refractivity contribution in [2.45, 2.75) is 47.0 Å². The molecule has 2 rings (SSSR count). The van der Waals surface area contributed by atoms with E-state index in [1.165, 1.54) is 0 Å². The first kappa shape index (κ1) is 17.6. The average molecular weight is 320 g/mol. The van der Waals surface area contributed by atoms with E-state index in [1.807, 2.05) is 6.92 Å². The van der Waals surface area contributed by atoms with Gasteiger partial charge in [0, 0.05) is 19.6 Å². The van der Waals surface area contributed by atoms with E-state index in [0.29, 0.717) is 36.9 Å². The predicted molar refractivity (Wildman–Crippen MR) is 89.3 cm³/mol. The molecule has 1 aliphatic rings. The van der Waals surface area contributed by atoms with Crippen LogP contribution in [0, 0.1) is 25.7 Å². The van der Waals surface area contributed by atoms with Gasteiger partial charge >= 0.3 is 0 Å². The van der Waals surface area contributed by atoms with Crippen LogP contribution in [0.15, 0.2) is 10.5 Å². The molecule has 1 atom stereocenters. The van der Waals surface area contributed by atoms with Gasteiger partial charge in [-0.3, -0.25) is 9.59 Å². The Morgan fingerprint density at radius 1 is 1.39 bits per heavy atom. The van der Waals surface area contributed by atoms with Gasteiger partial charge < -0.3 is 14.6 Å². The van der Waals surface area contributed by atoms with Gasteiger partial charge in [-0.2, -0.15) is 0 Å². The number of carbonyl (C=O) groups excluding carboxylic acids is 2. The third-order valence-electron chi connectivity index (χ3n) is 4.37. The Labute approximate surface area is 138 Å². The summed E-state index contributed by atoms with van der Waals surface area (Å²) in [7, 11) is 0. The van der Waals surface area contributed by atoms with Crippen molar-refractivity contribution in [2.75, 3.05) is 19.6 Å². The van der Waals surface area contributed by atoms with Crippen molar-refractivity contribution < 1.29 is 14.0 Å². The molecule has 1 fully saturated rings. The summed E-state index contributed by atoms with van der Waals surface area (Å²) in [5, 5.41) is 3.00. The summed E-state index contributed by atoms with van der Waals surface area (Å²) < 4.78 is 5.45. The van der Waals surface area contributed by atoms with Gasteiger partial charge in [-0.25, -0.2) is 0 Å². The summed E-state index contributed by atoms with van der Waals surface area (Å²) >= 11 is 0. The number of aryl methyl sites for hydroxylation is 2. The van der Waals surface area contributed by atoms with Crippen LogP contribution in [0.1, 0.15) is 55.0 Å². The number of rotatable bonds is 5. The largest absolute Gasteiger partial charge is 0.466 e. The molecular formula is C18H28N2O3. The first-order chi connectivity index (χ1) is 10.9. The van der Waals surface area contributed by atoms with Crippen molar-refractivity contribution in [2.24, 2.45) is 11.8 Å². The molecule has 1 aromatic rings. The first-order valence-electron chi connectivity index (χ1n) is 8.52. The third-order valence-corrected chi connectivity index (χ3v) is 4.37. The second kappa shape index (κ2) is 7.66. The Kier molecular flexibility index (Phi) is 5.85. The van der Waals surface area contributed by atoms with Crippen LogP contribution in [0.5, 0.6) is 0 Å². The summed E-state index contributed by atoms with van der Waals surface area (Å²) in [4.78, 5) is 26.7. The number of piperidine rings is 1. The summed E-state index contributed by atoms with van der Waals surface area (Å²) in [6.07, 6.45) is 2.69. The molecule has 0 saturated carbocycles. The number of amides is 2. The molecule has 2 heterocycles. The molecule has 5 nitrogen and oxygen atoms in total. The normalized spacial score (nSPS) is 18.3. The maximum atomic E-state index is 12.6. The molecule has 1 aromatic heterocycles. The number of nitrogens with one attached hydrogen (secondary N) is 1. The number of hydrogen-bond acceptors (Lipinski definition) is 3. The zero-order chi connectivity index (χ0) is 17.0. The molecule has 2 amide bonds. The number of likely N-dealkylation sites (tertiary alicyclic amines) is 1. The Morgan fingerprint density at radius 3 is 2.74 bits per heavy atom. The maximum absolute atomic E-state index is 12.6. The molecule has 1 aliphatic heterocycles. The van der Waals surface area contributed by atoms with Crippen molar-refractivity contribution in [3.05, 3.63) is 23.2 Å². The molecule has 1 saturated heterocycles. The lowest BCUT2D eigenvalue weighted by Gasteiger charge is -2.32. The van der Waals surface area contributed by atoms with Gasteiger partial charge in [0.15, 0.2) is 0 Å². The van der Waals surface area contributed by atoms with E-state index in [1.54, 1.807) is 17.9 Å². The summed E-state index contributed by atoms with van der Waals surface area (Å²) in [6.45, 7) is 9.84. The van der Waals surface area contributed by atoms with E-state index < -0.39 is 0 Å². The highest BCUT2D eigenvalue weighted by Crippen LogP contribution is 2.22. The van der Waals surface area contributed by atoms with Gasteiger partial charge in [0.05, 0.1) is 11.5 Å². The highest BCUT2D eigenvalue weighted by molar-refractivity contribution is 5.95. The quantitative estimate of drug-likeness (QED) is 0.907. The van der Waals surface area contributed by atoms with Gasteiger partial charge in [-0.05, 0) is 45.1 Å². The predicted octanol–water partition coefficient (Wildman–Crippen LogP) is 2.91. The maximum Gasteiger partial charge on any atom is 0.257 e. The summed E-state index contributed by atoms with van der Waals surface area (Å²) in [6, 6.07) is 1.78. The third kappa shape index (κ3) is 4.60. The minimum atomic E-state index is -0.104. The van der Waals surface area contributed by atoms with Gasteiger partial charge in [0.25, 0.3) is 5.91 Å². The lowest BCUT2D eigenvalue weighted by Crippen LogP contribution is -2.45. The molecule has 5 heteroatoms. The number of furan rings is 1. The fourth-order valence-corrected chi connectivity index (χ4v) is 3.02.